The third-order valence-corrected chi connectivity index (χ3v) is 13.0. The first kappa shape index (κ1) is 34.4. The van der Waals surface area contributed by atoms with Crippen LogP contribution in [0.1, 0.15) is 49.9 Å². The summed E-state index contributed by atoms with van der Waals surface area (Å²) < 4.78 is 0. The Labute approximate surface area is 341 Å². The molecular weight excluding hydrogens is 701 g/mol. The van der Waals surface area contributed by atoms with Crippen molar-refractivity contribution in [3.05, 3.63) is 216 Å². The molecule has 0 radical (unpaired) electrons. The van der Waals surface area contributed by atoms with E-state index in [1.54, 1.807) is 0 Å². The van der Waals surface area contributed by atoms with Gasteiger partial charge in [-0.3, -0.25) is 0 Å². The second-order valence-electron chi connectivity index (χ2n) is 17.0. The van der Waals surface area contributed by atoms with Gasteiger partial charge in [0.1, 0.15) is 0 Å². The van der Waals surface area contributed by atoms with Crippen LogP contribution >= 0.6 is 0 Å². The van der Waals surface area contributed by atoms with Gasteiger partial charge < -0.3 is 9.80 Å². The first-order valence-corrected chi connectivity index (χ1v) is 20.4. The zero-order valence-electron chi connectivity index (χ0n) is 33.4. The highest BCUT2D eigenvalue weighted by Crippen LogP contribution is 2.54. The highest BCUT2D eigenvalue weighted by atomic mass is 15.1. The van der Waals surface area contributed by atoms with Crippen molar-refractivity contribution in [2.45, 2.75) is 38.5 Å². The Balaban J connectivity index is 1.06. The Morgan fingerprint density at radius 3 is 1.19 bits per heavy atom. The zero-order chi connectivity index (χ0) is 39.2. The summed E-state index contributed by atoms with van der Waals surface area (Å²) in [4.78, 5) is 4.91. The lowest BCUT2D eigenvalue weighted by molar-refractivity contribution is 0.660. The minimum Gasteiger partial charge on any atom is -0.310 e. The van der Waals surface area contributed by atoms with Crippen LogP contribution in [0.15, 0.2) is 194 Å². The molecule has 278 valence electrons. The summed E-state index contributed by atoms with van der Waals surface area (Å²) in [6.07, 6.45) is 0. The highest BCUT2D eigenvalue weighted by Gasteiger charge is 2.38. The predicted octanol–water partition coefficient (Wildman–Crippen LogP) is 15.5. The van der Waals surface area contributed by atoms with Gasteiger partial charge in [0.05, 0.1) is 11.4 Å². The number of hydrogen-bond acceptors (Lipinski definition) is 2. The molecule has 0 N–H and O–H groups in total. The Kier molecular flexibility index (Phi) is 7.59. The summed E-state index contributed by atoms with van der Waals surface area (Å²) in [6, 6.07) is 71.8. The van der Waals surface area contributed by atoms with E-state index in [1.807, 2.05) is 0 Å². The maximum Gasteiger partial charge on any atom is 0.0540 e. The summed E-state index contributed by atoms with van der Waals surface area (Å²) in [5, 5.41) is 4.92. The largest absolute Gasteiger partial charge is 0.310 e. The maximum absolute atomic E-state index is 2.49. The fourth-order valence-electron chi connectivity index (χ4n) is 10.1. The van der Waals surface area contributed by atoms with Crippen molar-refractivity contribution in [2.24, 2.45) is 0 Å². The molecule has 2 heteroatoms. The van der Waals surface area contributed by atoms with Gasteiger partial charge in [0, 0.05) is 44.4 Å². The van der Waals surface area contributed by atoms with Crippen LogP contribution in [0.4, 0.5) is 34.1 Å². The summed E-state index contributed by atoms with van der Waals surface area (Å²) in [6.45, 7) is 9.53. The second-order valence-corrected chi connectivity index (χ2v) is 17.0. The quantitative estimate of drug-likeness (QED) is 0.167. The van der Waals surface area contributed by atoms with Crippen molar-refractivity contribution in [1.82, 2.24) is 0 Å². The molecule has 58 heavy (non-hydrogen) atoms. The maximum atomic E-state index is 2.49. The van der Waals surface area contributed by atoms with E-state index in [0.717, 1.165) is 17.1 Å². The zero-order valence-corrected chi connectivity index (χ0v) is 33.4. The molecule has 2 aliphatic carbocycles. The van der Waals surface area contributed by atoms with Gasteiger partial charge in [-0.25, -0.2) is 0 Å². The third kappa shape index (κ3) is 5.11. The molecule has 0 unspecified atom stereocenters. The van der Waals surface area contributed by atoms with Gasteiger partial charge in [0.15, 0.2) is 0 Å². The van der Waals surface area contributed by atoms with Gasteiger partial charge in [-0.1, -0.05) is 161 Å². The van der Waals surface area contributed by atoms with Crippen molar-refractivity contribution in [3.63, 3.8) is 0 Å². The second kappa shape index (κ2) is 12.8. The summed E-state index contributed by atoms with van der Waals surface area (Å²) >= 11 is 0. The lowest BCUT2D eigenvalue weighted by Crippen LogP contribution is -2.18. The molecule has 0 amide bonds. The molecule has 0 aromatic heterocycles. The molecule has 0 fully saturated rings. The smallest absolute Gasteiger partial charge is 0.0540 e. The number of fused-ring (bicyclic) bond motifs is 8. The Morgan fingerprint density at radius 1 is 0.293 bits per heavy atom. The molecule has 0 spiro atoms. The first-order chi connectivity index (χ1) is 28.3. The van der Waals surface area contributed by atoms with Gasteiger partial charge in [0.2, 0.25) is 0 Å². The average Bonchev–Trinajstić information content (AvgIpc) is 3.63. The van der Waals surface area contributed by atoms with Crippen LogP contribution in [-0.2, 0) is 10.8 Å². The van der Waals surface area contributed by atoms with Gasteiger partial charge >= 0.3 is 0 Å². The molecule has 0 bridgehead atoms. The number of anilines is 6. The summed E-state index contributed by atoms with van der Waals surface area (Å²) in [5.41, 5.74) is 17.3. The Morgan fingerprint density at radius 2 is 0.672 bits per heavy atom. The molecule has 11 rings (SSSR count). The van der Waals surface area contributed by atoms with Crippen molar-refractivity contribution in [1.29, 1.82) is 0 Å². The molecule has 0 saturated carbocycles. The van der Waals surface area contributed by atoms with Gasteiger partial charge in [0.25, 0.3) is 0 Å². The average molecular weight is 745 g/mol. The van der Waals surface area contributed by atoms with Crippen LogP contribution in [0.2, 0.25) is 0 Å². The van der Waals surface area contributed by atoms with Crippen molar-refractivity contribution in [3.8, 4) is 22.3 Å². The number of rotatable bonds is 6. The van der Waals surface area contributed by atoms with Crippen molar-refractivity contribution in [2.75, 3.05) is 9.80 Å². The van der Waals surface area contributed by atoms with Crippen molar-refractivity contribution >= 4 is 55.7 Å². The van der Waals surface area contributed by atoms with Crippen molar-refractivity contribution < 1.29 is 0 Å². The van der Waals surface area contributed by atoms with Crippen LogP contribution in [0, 0.1) is 0 Å². The van der Waals surface area contributed by atoms with Gasteiger partial charge in [-0.2, -0.15) is 0 Å². The van der Waals surface area contributed by atoms with E-state index in [-0.39, 0.29) is 10.8 Å². The number of nitrogens with zero attached hydrogens (tertiary/aromatic N) is 2. The molecule has 0 aliphatic heterocycles. The molecule has 9 aromatic rings. The number of para-hydroxylation sites is 1. The molecule has 2 nitrogen and oxygen atoms in total. The van der Waals surface area contributed by atoms with E-state index >= 15 is 0 Å². The van der Waals surface area contributed by atoms with Crippen LogP contribution in [-0.4, -0.2) is 0 Å². The summed E-state index contributed by atoms with van der Waals surface area (Å²) in [5.74, 6) is 0. The standard InChI is InChI=1S/C56H44N2/c1-55(2)49-25-13-12-24-45(49)46-31-29-41(35-50(46)55)58(54-27-15-19-38-17-9-11-23-44(38)54)42-30-33-48-47-32-28-40(34-51(47)56(3,4)52(48)36-42)57(39-20-6-5-7-21-39)53-26-14-18-37-16-8-10-22-43(37)53/h5-36H,1-4H3. The van der Waals surface area contributed by atoms with E-state index in [9.17, 15) is 0 Å². The van der Waals surface area contributed by atoms with E-state index in [4.69, 9.17) is 0 Å². The third-order valence-electron chi connectivity index (χ3n) is 13.0. The van der Waals surface area contributed by atoms with Crippen LogP contribution in [0.5, 0.6) is 0 Å². The first-order valence-electron chi connectivity index (χ1n) is 20.4. The topological polar surface area (TPSA) is 6.48 Å². The monoisotopic (exact) mass is 744 g/mol. The SMILES string of the molecule is CC1(C)c2ccccc2-c2ccc(N(c3ccc4c(c3)C(C)(C)c3cc(N(c5ccccc5)c5cccc6ccccc56)ccc3-4)c3cccc4ccccc34)cc21. The molecule has 0 atom stereocenters. The molecule has 2 aliphatic rings. The lowest BCUT2D eigenvalue weighted by atomic mass is 9.81. The number of benzene rings is 9. The fraction of sp³-hybridized carbons (Fsp3) is 0.107. The van der Waals surface area contributed by atoms with E-state index in [2.05, 4.69) is 232 Å². The van der Waals surface area contributed by atoms with Crippen LogP contribution in [0.25, 0.3) is 43.8 Å². The van der Waals surface area contributed by atoms with Crippen LogP contribution < -0.4 is 9.80 Å². The highest BCUT2D eigenvalue weighted by molar-refractivity contribution is 6.01. The van der Waals surface area contributed by atoms with E-state index in [1.165, 1.54) is 83.1 Å². The lowest BCUT2D eigenvalue weighted by Gasteiger charge is -2.31. The minimum atomic E-state index is -0.246. The predicted molar refractivity (Wildman–Crippen MR) is 246 cm³/mol. The van der Waals surface area contributed by atoms with Crippen LogP contribution in [0.3, 0.4) is 0 Å². The molecular formula is C56H44N2. The fourth-order valence-corrected chi connectivity index (χ4v) is 10.1. The number of hydrogen-bond donors (Lipinski definition) is 0. The normalized spacial score (nSPS) is 14.1. The molecule has 0 heterocycles. The van der Waals surface area contributed by atoms with Gasteiger partial charge in [-0.05, 0) is 116 Å². The van der Waals surface area contributed by atoms with E-state index < -0.39 is 0 Å². The van der Waals surface area contributed by atoms with E-state index in [0.29, 0.717) is 0 Å². The Bertz CT molecular complexity index is 3070. The minimum absolute atomic E-state index is 0.106. The molecule has 9 aromatic carbocycles. The molecule has 0 saturated heterocycles. The van der Waals surface area contributed by atoms with Gasteiger partial charge in [-0.15, -0.1) is 0 Å². The summed E-state index contributed by atoms with van der Waals surface area (Å²) in [7, 11) is 0. The Hall–Kier alpha value is -6.90.